The first-order valence-electron chi connectivity index (χ1n) is 4.90. The highest BCUT2D eigenvalue weighted by atomic mass is 32.2. The lowest BCUT2D eigenvalue weighted by Gasteiger charge is -2.28. The van der Waals surface area contributed by atoms with Gasteiger partial charge in [-0.3, -0.25) is 4.79 Å². The fraction of sp³-hybridized carbons (Fsp3) is 0.636. The van der Waals surface area contributed by atoms with Crippen LogP contribution in [0.15, 0.2) is 11.5 Å². The Kier molecular flexibility index (Phi) is 6.18. The molecule has 0 aliphatic rings. The Balaban J connectivity index is 4.63. The van der Waals surface area contributed by atoms with E-state index in [-0.39, 0.29) is 11.3 Å². The molecule has 16 heavy (non-hydrogen) atoms. The van der Waals surface area contributed by atoms with Gasteiger partial charge < -0.3 is 10.1 Å². The number of hydrogen-bond acceptors (Lipinski definition) is 4. The van der Waals surface area contributed by atoms with Crippen LogP contribution in [0.1, 0.15) is 20.8 Å². The molecule has 0 aromatic heterocycles. The Labute approximate surface area is 101 Å². The van der Waals surface area contributed by atoms with Gasteiger partial charge in [0.25, 0.3) is 0 Å². The normalized spacial score (nSPS) is 13.6. The highest BCUT2D eigenvalue weighted by Gasteiger charge is 2.33. The van der Waals surface area contributed by atoms with Gasteiger partial charge in [-0.05, 0) is 17.1 Å². The van der Waals surface area contributed by atoms with Crippen molar-refractivity contribution in [3.8, 4) is 0 Å². The number of amides is 1. The van der Waals surface area contributed by atoms with Crippen molar-refractivity contribution in [1.82, 2.24) is 5.32 Å². The van der Waals surface area contributed by atoms with E-state index in [1.807, 2.05) is 27.0 Å². The van der Waals surface area contributed by atoms with E-state index in [4.69, 9.17) is 0 Å². The Bertz CT molecular complexity index is 281. The Morgan fingerprint density at radius 3 is 2.31 bits per heavy atom. The second-order valence-electron chi connectivity index (χ2n) is 4.37. The van der Waals surface area contributed by atoms with Crippen molar-refractivity contribution >= 4 is 23.6 Å². The highest BCUT2D eigenvalue weighted by Crippen LogP contribution is 2.20. The average Bonchev–Trinajstić information content (AvgIpc) is 2.20. The maximum atomic E-state index is 11.5. The summed E-state index contributed by atoms with van der Waals surface area (Å²) in [5.74, 6) is -0.724. The summed E-state index contributed by atoms with van der Waals surface area (Å²) in [6.45, 7) is 5.60. The zero-order valence-corrected chi connectivity index (χ0v) is 11.2. The van der Waals surface area contributed by atoms with Crippen molar-refractivity contribution in [3.63, 3.8) is 0 Å². The lowest BCUT2D eigenvalue weighted by Crippen LogP contribution is -2.49. The SMILES string of the molecule is COC(=O)C(NC(=O)C=CSC)C(C)(C)C. The molecule has 4 nitrogen and oxygen atoms in total. The largest absolute Gasteiger partial charge is 0.467 e. The molecule has 0 spiro atoms. The van der Waals surface area contributed by atoms with Gasteiger partial charge in [-0.25, -0.2) is 4.79 Å². The van der Waals surface area contributed by atoms with E-state index in [9.17, 15) is 9.59 Å². The minimum atomic E-state index is -0.642. The Morgan fingerprint density at radius 2 is 1.94 bits per heavy atom. The molecule has 0 aliphatic carbocycles. The maximum Gasteiger partial charge on any atom is 0.328 e. The van der Waals surface area contributed by atoms with Crippen molar-refractivity contribution in [3.05, 3.63) is 11.5 Å². The van der Waals surface area contributed by atoms with Crippen molar-refractivity contribution in [2.45, 2.75) is 26.8 Å². The summed E-state index contributed by atoms with van der Waals surface area (Å²) < 4.78 is 4.66. The van der Waals surface area contributed by atoms with E-state index in [1.165, 1.54) is 24.9 Å². The number of methoxy groups -OCH3 is 1. The van der Waals surface area contributed by atoms with Gasteiger partial charge in [0, 0.05) is 6.08 Å². The Hall–Kier alpha value is -0.970. The van der Waals surface area contributed by atoms with Gasteiger partial charge in [0.15, 0.2) is 0 Å². The van der Waals surface area contributed by atoms with Crippen LogP contribution in [-0.2, 0) is 14.3 Å². The van der Waals surface area contributed by atoms with E-state index in [2.05, 4.69) is 10.1 Å². The van der Waals surface area contributed by atoms with Crippen LogP contribution in [0.25, 0.3) is 0 Å². The van der Waals surface area contributed by atoms with Crippen LogP contribution in [0.4, 0.5) is 0 Å². The van der Waals surface area contributed by atoms with Gasteiger partial charge in [-0.15, -0.1) is 11.8 Å². The smallest absolute Gasteiger partial charge is 0.328 e. The van der Waals surface area contributed by atoms with Crippen LogP contribution in [0.2, 0.25) is 0 Å². The molecule has 0 fully saturated rings. The fourth-order valence-electron chi connectivity index (χ4n) is 1.07. The van der Waals surface area contributed by atoms with E-state index < -0.39 is 12.0 Å². The number of hydrogen-bond donors (Lipinski definition) is 1. The van der Waals surface area contributed by atoms with Crippen molar-refractivity contribution in [1.29, 1.82) is 0 Å². The van der Waals surface area contributed by atoms with Gasteiger partial charge in [0.1, 0.15) is 6.04 Å². The predicted molar refractivity (Wildman–Crippen MR) is 66.1 cm³/mol. The second kappa shape index (κ2) is 6.58. The Morgan fingerprint density at radius 1 is 1.38 bits per heavy atom. The molecular formula is C11H19NO3S. The van der Waals surface area contributed by atoms with Crippen LogP contribution >= 0.6 is 11.8 Å². The third kappa shape index (κ3) is 5.21. The number of carbonyl (C=O) groups is 2. The van der Waals surface area contributed by atoms with Crippen molar-refractivity contribution < 1.29 is 14.3 Å². The standard InChI is InChI=1S/C11H19NO3S/c1-11(2,3)9(10(14)15-4)12-8(13)6-7-16-5/h6-7,9H,1-5H3,(H,12,13). The molecule has 92 valence electrons. The van der Waals surface area contributed by atoms with Crippen molar-refractivity contribution in [2.75, 3.05) is 13.4 Å². The quantitative estimate of drug-likeness (QED) is 0.603. The molecule has 0 aromatic carbocycles. The topological polar surface area (TPSA) is 55.4 Å². The molecule has 0 bridgehead atoms. The summed E-state index contributed by atoms with van der Waals surface area (Å²) >= 11 is 1.42. The van der Waals surface area contributed by atoms with Crippen LogP contribution < -0.4 is 5.32 Å². The molecule has 0 rings (SSSR count). The molecule has 1 N–H and O–H groups in total. The first kappa shape index (κ1) is 15.0. The summed E-state index contributed by atoms with van der Waals surface area (Å²) in [5, 5.41) is 4.29. The average molecular weight is 245 g/mol. The molecule has 0 saturated carbocycles. The molecule has 1 atom stereocenters. The van der Waals surface area contributed by atoms with Gasteiger partial charge in [0.2, 0.25) is 5.91 Å². The molecule has 0 radical (unpaired) electrons. The number of nitrogens with one attached hydrogen (secondary N) is 1. The molecular weight excluding hydrogens is 226 g/mol. The van der Waals surface area contributed by atoms with Gasteiger partial charge >= 0.3 is 5.97 Å². The minimum Gasteiger partial charge on any atom is -0.467 e. The third-order valence-corrected chi connectivity index (χ3v) is 2.35. The molecule has 0 saturated heterocycles. The predicted octanol–water partition coefficient (Wildman–Crippen LogP) is 1.57. The van der Waals surface area contributed by atoms with Crippen LogP contribution in [-0.4, -0.2) is 31.3 Å². The molecule has 0 aromatic rings. The van der Waals surface area contributed by atoms with Crippen molar-refractivity contribution in [2.24, 2.45) is 5.41 Å². The number of rotatable bonds is 4. The highest BCUT2D eigenvalue weighted by molar-refractivity contribution is 8.01. The molecule has 5 heteroatoms. The van der Waals surface area contributed by atoms with Gasteiger partial charge in [0.05, 0.1) is 7.11 Å². The maximum absolute atomic E-state index is 11.5. The molecule has 0 heterocycles. The van der Waals surface area contributed by atoms with E-state index >= 15 is 0 Å². The summed E-state index contributed by atoms with van der Waals surface area (Å²) in [7, 11) is 1.31. The van der Waals surface area contributed by atoms with Crippen LogP contribution in [0.5, 0.6) is 0 Å². The number of thioether (sulfide) groups is 1. The summed E-state index contributed by atoms with van der Waals surface area (Å²) in [5.41, 5.74) is -0.379. The van der Waals surface area contributed by atoms with Crippen LogP contribution in [0, 0.1) is 5.41 Å². The first-order chi connectivity index (χ1) is 7.32. The second-order valence-corrected chi connectivity index (χ2v) is 5.11. The van der Waals surface area contributed by atoms with E-state index in [1.54, 1.807) is 5.41 Å². The lowest BCUT2D eigenvalue weighted by molar-refractivity contribution is -0.147. The third-order valence-electron chi connectivity index (χ3n) is 1.95. The molecule has 0 aliphatic heterocycles. The minimum absolute atomic E-state index is 0.292. The summed E-state index contributed by atoms with van der Waals surface area (Å²) in [6, 6.07) is -0.642. The number of carbonyl (C=O) groups excluding carboxylic acids is 2. The van der Waals surface area contributed by atoms with E-state index in [0.29, 0.717) is 0 Å². The van der Waals surface area contributed by atoms with Crippen LogP contribution in [0.3, 0.4) is 0 Å². The van der Waals surface area contributed by atoms with Gasteiger partial charge in [-0.2, -0.15) is 0 Å². The van der Waals surface area contributed by atoms with E-state index in [0.717, 1.165) is 0 Å². The zero-order chi connectivity index (χ0) is 12.8. The van der Waals surface area contributed by atoms with Gasteiger partial charge in [-0.1, -0.05) is 20.8 Å². The molecule has 1 unspecified atom stereocenters. The zero-order valence-electron chi connectivity index (χ0n) is 10.4. The number of esters is 1. The monoisotopic (exact) mass is 245 g/mol. The fourth-order valence-corrected chi connectivity index (χ4v) is 1.33. The lowest BCUT2D eigenvalue weighted by atomic mass is 9.86. The first-order valence-corrected chi connectivity index (χ1v) is 6.19. The summed E-state index contributed by atoms with van der Waals surface area (Å²) in [4.78, 5) is 23.0. The summed E-state index contributed by atoms with van der Waals surface area (Å²) in [6.07, 6.45) is 3.25. The number of ether oxygens (including phenoxy) is 1. The molecule has 1 amide bonds.